The van der Waals surface area contributed by atoms with Gasteiger partial charge < -0.3 is 15.8 Å². The number of hydrogen-bond acceptors (Lipinski definition) is 3. The Hall–Kier alpha value is -1.07. The van der Waals surface area contributed by atoms with Gasteiger partial charge in [-0.05, 0) is 35.0 Å². The number of carbonyl (C=O) groups is 1. The summed E-state index contributed by atoms with van der Waals surface area (Å²) >= 11 is 3.37. The predicted molar refractivity (Wildman–Crippen MR) is 66.3 cm³/mol. The summed E-state index contributed by atoms with van der Waals surface area (Å²) in [5, 5.41) is 2.67. The topological polar surface area (TPSA) is 64.4 Å². The number of nitrogens with two attached hydrogens (primary N) is 1. The van der Waals surface area contributed by atoms with Crippen molar-refractivity contribution >= 4 is 21.8 Å². The van der Waals surface area contributed by atoms with Gasteiger partial charge >= 0.3 is 0 Å². The molecule has 0 aliphatic heterocycles. The lowest BCUT2D eigenvalue weighted by molar-refractivity contribution is -0.122. The summed E-state index contributed by atoms with van der Waals surface area (Å²) in [5.74, 6) is 0.591. The van der Waals surface area contributed by atoms with Crippen molar-refractivity contribution in [3.05, 3.63) is 28.7 Å². The smallest absolute Gasteiger partial charge is 0.236 e. The number of ether oxygens (including phenoxy) is 1. The molecule has 0 radical (unpaired) electrons. The van der Waals surface area contributed by atoms with Crippen LogP contribution in [0.25, 0.3) is 0 Å². The van der Waals surface area contributed by atoms with Gasteiger partial charge in [-0.3, -0.25) is 4.79 Å². The lowest BCUT2D eigenvalue weighted by Crippen LogP contribution is -2.40. The number of nitrogens with one attached hydrogen (secondary N) is 1. The molecule has 3 N–H and O–H groups in total. The van der Waals surface area contributed by atoms with E-state index in [1.807, 2.05) is 24.3 Å². The Morgan fingerprint density at radius 1 is 1.56 bits per heavy atom. The van der Waals surface area contributed by atoms with Crippen LogP contribution in [0.1, 0.15) is 6.92 Å². The van der Waals surface area contributed by atoms with Crippen molar-refractivity contribution < 1.29 is 9.53 Å². The average Bonchev–Trinajstić information content (AvgIpc) is 2.26. The molecule has 88 valence electrons. The fourth-order valence-electron chi connectivity index (χ4n) is 1.06. The standard InChI is InChI=1S/C11H15BrN2O2/c1-8(13)11(15)14-6-7-16-10-5-3-2-4-9(10)12/h2-5,8H,6-7,13H2,1H3,(H,14,15). The quantitative estimate of drug-likeness (QED) is 0.802. The fourth-order valence-corrected chi connectivity index (χ4v) is 1.46. The summed E-state index contributed by atoms with van der Waals surface area (Å²) in [7, 11) is 0. The SMILES string of the molecule is CC(N)C(=O)NCCOc1ccccc1Br. The molecule has 0 aliphatic carbocycles. The molecule has 1 aromatic rings. The Kier molecular flexibility index (Phi) is 5.28. The summed E-state index contributed by atoms with van der Waals surface area (Å²) in [6, 6.07) is 7.08. The van der Waals surface area contributed by atoms with E-state index in [-0.39, 0.29) is 5.91 Å². The molecule has 0 heterocycles. The summed E-state index contributed by atoms with van der Waals surface area (Å²) in [6.45, 7) is 2.51. The first-order valence-corrected chi connectivity index (χ1v) is 5.81. The molecule has 0 fully saturated rings. The molecule has 0 saturated heterocycles. The summed E-state index contributed by atoms with van der Waals surface area (Å²) < 4.78 is 6.36. The molecule has 0 spiro atoms. The minimum atomic E-state index is -0.483. The fraction of sp³-hybridized carbons (Fsp3) is 0.364. The molecule has 1 rings (SSSR count). The first kappa shape index (κ1) is 13.0. The maximum atomic E-state index is 11.1. The Bertz CT molecular complexity index is 356. The third kappa shape index (κ3) is 4.20. The van der Waals surface area contributed by atoms with Gasteiger partial charge in [0.25, 0.3) is 0 Å². The maximum Gasteiger partial charge on any atom is 0.236 e. The monoisotopic (exact) mass is 286 g/mol. The Balaban J connectivity index is 2.26. The van der Waals surface area contributed by atoms with Crippen LogP contribution in [0.15, 0.2) is 28.7 Å². The number of carbonyl (C=O) groups excluding carboxylic acids is 1. The molecule has 16 heavy (non-hydrogen) atoms. The van der Waals surface area contributed by atoms with Crippen molar-refractivity contribution in [2.75, 3.05) is 13.2 Å². The van der Waals surface area contributed by atoms with Crippen molar-refractivity contribution in [1.82, 2.24) is 5.32 Å². The molecule has 0 aromatic heterocycles. The molecular formula is C11H15BrN2O2. The molecule has 5 heteroatoms. The zero-order valence-electron chi connectivity index (χ0n) is 9.07. The summed E-state index contributed by atoms with van der Waals surface area (Å²) in [6.07, 6.45) is 0. The van der Waals surface area contributed by atoms with Crippen LogP contribution in [0.3, 0.4) is 0 Å². The molecule has 0 saturated carbocycles. The summed E-state index contributed by atoms with van der Waals surface area (Å²) in [5.41, 5.74) is 5.39. The van der Waals surface area contributed by atoms with Crippen LogP contribution in [0.2, 0.25) is 0 Å². The predicted octanol–water partition coefficient (Wildman–Crippen LogP) is 1.29. The van der Waals surface area contributed by atoms with E-state index in [1.165, 1.54) is 0 Å². The zero-order chi connectivity index (χ0) is 12.0. The van der Waals surface area contributed by atoms with Crippen molar-refractivity contribution in [2.24, 2.45) is 5.73 Å². The van der Waals surface area contributed by atoms with Gasteiger partial charge in [-0.2, -0.15) is 0 Å². The van der Waals surface area contributed by atoms with Crippen LogP contribution in [-0.4, -0.2) is 25.1 Å². The number of hydrogen-bond donors (Lipinski definition) is 2. The number of para-hydroxylation sites is 1. The number of halogens is 1. The van der Waals surface area contributed by atoms with Gasteiger partial charge in [0, 0.05) is 0 Å². The lowest BCUT2D eigenvalue weighted by Gasteiger charge is -2.10. The Labute approximate surface area is 103 Å². The molecule has 1 unspecified atom stereocenters. The van der Waals surface area contributed by atoms with Gasteiger partial charge in [0.1, 0.15) is 12.4 Å². The molecule has 1 amide bonds. The zero-order valence-corrected chi connectivity index (χ0v) is 10.7. The van der Waals surface area contributed by atoms with Crippen LogP contribution in [0.4, 0.5) is 0 Å². The molecular weight excluding hydrogens is 272 g/mol. The van der Waals surface area contributed by atoms with E-state index < -0.39 is 6.04 Å². The van der Waals surface area contributed by atoms with Crippen molar-refractivity contribution in [3.63, 3.8) is 0 Å². The molecule has 0 aliphatic rings. The molecule has 1 aromatic carbocycles. The molecule has 4 nitrogen and oxygen atoms in total. The minimum Gasteiger partial charge on any atom is -0.491 e. The highest BCUT2D eigenvalue weighted by molar-refractivity contribution is 9.10. The van der Waals surface area contributed by atoms with E-state index >= 15 is 0 Å². The van der Waals surface area contributed by atoms with Crippen LogP contribution in [0.5, 0.6) is 5.75 Å². The highest BCUT2D eigenvalue weighted by Gasteiger charge is 2.05. The Morgan fingerprint density at radius 3 is 2.88 bits per heavy atom. The normalized spacial score (nSPS) is 11.9. The van der Waals surface area contributed by atoms with Crippen LogP contribution >= 0.6 is 15.9 Å². The van der Waals surface area contributed by atoms with Gasteiger partial charge in [-0.1, -0.05) is 12.1 Å². The number of rotatable bonds is 5. The van der Waals surface area contributed by atoms with E-state index in [0.29, 0.717) is 13.2 Å². The molecule has 0 bridgehead atoms. The molecule has 1 atom stereocenters. The maximum absolute atomic E-state index is 11.1. The lowest BCUT2D eigenvalue weighted by atomic mass is 10.3. The first-order valence-electron chi connectivity index (χ1n) is 5.02. The third-order valence-electron chi connectivity index (χ3n) is 1.91. The second-order valence-electron chi connectivity index (χ2n) is 3.36. The van der Waals surface area contributed by atoms with Gasteiger partial charge in [-0.15, -0.1) is 0 Å². The van der Waals surface area contributed by atoms with Gasteiger partial charge in [0.05, 0.1) is 17.1 Å². The first-order chi connectivity index (χ1) is 7.61. The van der Waals surface area contributed by atoms with E-state index in [1.54, 1.807) is 6.92 Å². The van der Waals surface area contributed by atoms with Crippen LogP contribution in [0, 0.1) is 0 Å². The number of amides is 1. The van der Waals surface area contributed by atoms with Crippen molar-refractivity contribution in [1.29, 1.82) is 0 Å². The van der Waals surface area contributed by atoms with Gasteiger partial charge in [0.2, 0.25) is 5.91 Å². The van der Waals surface area contributed by atoms with Gasteiger partial charge in [-0.25, -0.2) is 0 Å². The van der Waals surface area contributed by atoms with Crippen molar-refractivity contribution in [2.45, 2.75) is 13.0 Å². The second kappa shape index (κ2) is 6.50. The Morgan fingerprint density at radius 2 is 2.25 bits per heavy atom. The number of benzene rings is 1. The van der Waals surface area contributed by atoms with Crippen LogP contribution < -0.4 is 15.8 Å². The minimum absolute atomic E-state index is 0.171. The summed E-state index contributed by atoms with van der Waals surface area (Å²) in [4.78, 5) is 11.1. The highest BCUT2D eigenvalue weighted by Crippen LogP contribution is 2.23. The van der Waals surface area contributed by atoms with E-state index in [0.717, 1.165) is 10.2 Å². The van der Waals surface area contributed by atoms with E-state index in [2.05, 4.69) is 21.2 Å². The van der Waals surface area contributed by atoms with Crippen molar-refractivity contribution in [3.8, 4) is 5.75 Å². The van der Waals surface area contributed by atoms with Crippen LogP contribution in [-0.2, 0) is 4.79 Å². The second-order valence-corrected chi connectivity index (χ2v) is 4.21. The largest absolute Gasteiger partial charge is 0.491 e. The van der Waals surface area contributed by atoms with E-state index in [9.17, 15) is 4.79 Å². The van der Waals surface area contributed by atoms with Gasteiger partial charge in [0.15, 0.2) is 0 Å². The highest BCUT2D eigenvalue weighted by atomic mass is 79.9. The average molecular weight is 287 g/mol. The third-order valence-corrected chi connectivity index (χ3v) is 2.56. The van der Waals surface area contributed by atoms with E-state index in [4.69, 9.17) is 10.5 Å².